The molecule has 0 spiro atoms. The lowest BCUT2D eigenvalue weighted by Gasteiger charge is -2.64. The first kappa shape index (κ1) is 98.5. The van der Waals surface area contributed by atoms with Crippen LogP contribution in [0, 0.1) is 99.8 Å². The van der Waals surface area contributed by atoms with E-state index >= 15 is 0 Å². The van der Waals surface area contributed by atoms with E-state index in [0.29, 0.717) is 78.1 Å². The first-order valence-corrected chi connectivity index (χ1v) is 50.4. The van der Waals surface area contributed by atoms with Gasteiger partial charge in [-0.25, -0.2) is 16.8 Å². The summed E-state index contributed by atoms with van der Waals surface area (Å²) < 4.78 is 153. The van der Waals surface area contributed by atoms with E-state index < -0.39 is 77.8 Å². The molecule has 0 radical (unpaired) electrons. The van der Waals surface area contributed by atoms with E-state index in [1.807, 2.05) is 20.8 Å². The fraction of sp³-hybridized carbons (Fsp3) is 0.612. The van der Waals surface area contributed by atoms with Gasteiger partial charge in [-0.05, 0) is 244 Å². The molecule has 0 aliphatic heterocycles. The van der Waals surface area contributed by atoms with Gasteiger partial charge in [0.2, 0.25) is 0 Å². The van der Waals surface area contributed by atoms with Crippen LogP contribution in [-0.4, -0.2) is 114 Å². The first-order chi connectivity index (χ1) is 58.2. The summed E-state index contributed by atoms with van der Waals surface area (Å²) in [6.45, 7) is 31.4. The highest BCUT2D eigenvalue weighted by Gasteiger charge is 2.69. The molecule has 125 heavy (non-hydrogen) atoms. The number of ketones is 3. The number of fused-ring (bicyclic) bond motifs is 13. The Hall–Kier alpha value is -7.05. The van der Waals surface area contributed by atoms with Gasteiger partial charge in [-0.15, -0.1) is 0 Å². The Labute approximate surface area is 748 Å². The second-order valence-corrected chi connectivity index (χ2v) is 47.7. The predicted molar refractivity (Wildman–Crippen MR) is 464 cm³/mol. The molecule has 4 unspecified atom stereocenters. The van der Waals surface area contributed by atoms with E-state index in [9.17, 15) is 81.9 Å². The lowest BCUT2D eigenvalue weighted by molar-refractivity contribution is -0.597. The number of Topliss-reactive ketones (excluding diaryl/α,β-unsaturated/α-hetero) is 3. The molecule has 27 heteroatoms. The van der Waals surface area contributed by atoms with Gasteiger partial charge in [0.05, 0.1) is 0 Å². The van der Waals surface area contributed by atoms with Crippen LogP contribution in [0.15, 0.2) is 127 Å². The van der Waals surface area contributed by atoms with E-state index in [4.69, 9.17) is 14.2 Å². The molecule has 8 aliphatic rings. The Morgan fingerprint density at radius 1 is 0.520 bits per heavy atom. The lowest BCUT2D eigenvalue weighted by atomic mass is 9.43. The van der Waals surface area contributed by atoms with Crippen LogP contribution in [-0.2, 0) is 93.1 Å². The average Bonchev–Trinajstić information content (AvgIpc) is 1.67. The zero-order valence-corrected chi connectivity index (χ0v) is 79.6. The Bertz CT molecular complexity index is 5070. The Balaban J connectivity index is 0.000000172. The lowest BCUT2D eigenvalue weighted by Crippen LogP contribution is -3.61. The minimum Gasteiger partial charge on any atom is -0.743 e. The molecule has 8 fully saturated rings. The van der Waals surface area contributed by atoms with Gasteiger partial charge in [0.15, 0.2) is 53.9 Å². The standard InChI is InChI=1S/C33H50F2O11S.C27H38F2O8S.C20H26I.C18H13S/c1-17(8-11-29(39)43-18(2)33(34,35)47(40,41)42)24-9-10-25-30-26(16-28(32(24,25)7)46-21(5)38)31(6)13-12-23(44-19(3)36)14-22(31)15-27(30)45-20(4)37;1-14(5-8-23(33)37-15(2)27(28,29)38(34,35)36)18-6-7-19-24-20(13-22(32)26(18,19)4)25(3)10-9-17(30)11-16(25)12-21(24)31;1-19(2,3)15-7-11-17(12-8-15)21-18-13-9-16(10-14-18)20(4,5)6;1-2-8-14(9-3-1)19-17-12-6-4-10-15(17)16-11-5-7-13-18(16)19/h17-18,22-28,30H,8-16H2,1-7H3,(H,40,41,42);14-16,18-20,24H,5-13H2,1-4H3,(H,34,35,36);7-14H,1-6H3;1-13H/q;;2*+1/p-2/t17?,18?,22-,23+,24+,25-,26-,27+,28-,30-,31-,32+;14?,15?,16-,18+,19-,20-,24-,25-,26+;;/m00../s1. The maximum Gasteiger partial charge on any atom is 0.369 e. The highest BCUT2D eigenvalue weighted by Crippen LogP contribution is 2.71. The van der Waals surface area contributed by atoms with Crippen molar-refractivity contribution in [3.05, 3.63) is 146 Å². The zero-order valence-electron chi connectivity index (χ0n) is 75.0. The van der Waals surface area contributed by atoms with Crippen LogP contribution < -0.4 is 21.2 Å². The average molecular weight is 1910 g/mol. The van der Waals surface area contributed by atoms with Crippen molar-refractivity contribution in [1.29, 1.82) is 0 Å². The summed E-state index contributed by atoms with van der Waals surface area (Å²) in [5, 5.41) is -6.71. The molecular formula is C98H125F4IO19S3. The van der Waals surface area contributed by atoms with Crippen molar-refractivity contribution < 1.29 is 127 Å². The van der Waals surface area contributed by atoms with Crippen molar-refractivity contribution in [2.45, 2.75) is 285 Å². The Morgan fingerprint density at radius 2 is 0.984 bits per heavy atom. The van der Waals surface area contributed by atoms with Gasteiger partial charge >= 0.3 is 61.6 Å². The van der Waals surface area contributed by atoms with E-state index in [-0.39, 0.29) is 192 Å². The van der Waals surface area contributed by atoms with Crippen LogP contribution in [0.5, 0.6) is 0 Å². The summed E-state index contributed by atoms with van der Waals surface area (Å²) in [5.41, 5.74) is 1.64. The van der Waals surface area contributed by atoms with Gasteiger partial charge in [-0.1, -0.05) is 150 Å². The van der Waals surface area contributed by atoms with Crippen LogP contribution >= 0.6 is 10.5 Å². The summed E-state index contributed by atoms with van der Waals surface area (Å²) in [7, 11) is -12.0. The van der Waals surface area contributed by atoms with Crippen molar-refractivity contribution in [3.63, 3.8) is 0 Å². The van der Waals surface area contributed by atoms with Crippen molar-refractivity contribution in [3.8, 4) is 4.90 Å². The molecular weight excluding hydrogens is 1780 g/mol. The number of esters is 5. The molecule has 1 aromatic heterocycles. The highest BCUT2D eigenvalue weighted by molar-refractivity contribution is 7.87. The second kappa shape index (κ2) is 38.2. The number of benzene rings is 5. The van der Waals surface area contributed by atoms with Gasteiger partial charge in [0.25, 0.3) is 0 Å². The number of alkyl halides is 4. The molecule has 0 bridgehead atoms. The zero-order chi connectivity index (χ0) is 92.0. The van der Waals surface area contributed by atoms with Gasteiger partial charge in [0, 0.05) is 103 Å². The van der Waals surface area contributed by atoms with Crippen molar-refractivity contribution >= 4 is 98.1 Å². The third-order valence-corrected chi connectivity index (χ3v) is 37.3. The van der Waals surface area contributed by atoms with Gasteiger partial charge in [0.1, 0.15) is 35.7 Å². The van der Waals surface area contributed by atoms with Crippen molar-refractivity contribution in [2.24, 2.45) is 92.7 Å². The number of hydrogen-bond donors (Lipinski definition) is 0. The van der Waals surface area contributed by atoms with Crippen LogP contribution in [0.3, 0.4) is 0 Å². The van der Waals surface area contributed by atoms with Crippen LogP contribution in [0.1, 0.15) is 244 Å². The highest BCUT2D eigenvalue weighted by atomic mass is 127. The molecule has 8 saturated carbocycles. The molecule has 0 amide bonds. The molecule has 5 aromatic carbocycles. The maximum absolute atomic E-state index is 13.9. The minimum absolute atomic E-state index is 0.0110. The van der Waals surface area contributed by atoms with Gasteiger partial charge < -0.3 is 32.8 Å². The molecule has 0 saturated heterocycles. The summed E-state index contributed by atoms with van der Waals surface area (Å²) in [4.78, 5) is 102. The topological polar surface area (TPSA) is 297 Å². The summed E-state index contributed by atoms with van der Waals surface area (Å²) in [6.07, 6.45) is 2.57. The van der Waals surface area contributed by atoms with E-state index in [1.165, 1.54) is 64.1 Å². The predicted octanol–water partition coefficient (Wildman–Crippen LogP) is 17.3. The fourth-order valence-corrected chi connectivity index (χ4v) is 28.9. The number of rotatable bonds is 20. The molecule has 14 rings (SSSR count). The quantitative estimate of drug-likeness (QED) is 0.0171. The number of ether oxygens (including phenoxy) is 5. The van der Waals surface area contributed by atoms with E-state index in [0.717, 1.165) is 25.7 Å². The molecule has 684 valence electrons. The molecule has 6 aromatic rings. The first-order valence-electron chi connectivity index (χ1n) is 44.2. The molecule has 21 atom stereocenters. The number of carbonyl (C=O) groups excluding carboxylic acids is 8. The number of halogens is 5. The Kier molecular flexibility index (Phi) is 30.1. The molecule has 19 nitrogen and oxygen atoms in total. The summed E-state index contributed by atoms with van der Waals surface area (Å²) in [6, 6.07) is 46.8. The van der Waals surface area contributed by atoms with Gasteiger partial charge in [-0.3, -0.25) is 38.4 Å². The smallest absolute Gasteiger partial charge is 0.369 e. The van der Waals surface area contributed by atoms with Crippen LogP contribution in [0.4, 0.5) is 17.6 Å². The third-order valence-electron chi connectivity index (χ3n) is 30.3. The summed E-state index contributed by atoms with van der Waals surface area (Å²) in [5.74, 6) is -3.45. The van der Waals surface area contributed by atoms with Gasteiger partial charge in [-0.2, -0.15) is 17.6 Å². The maximum atomic E-state index is 13.9. The Morgan fingerprint density at radius 3 is 1.47 bits per heavy atom. The van der Waals surface area contributed by atoms with Crippen LogP contribution in [0.25, 0.3) is 25.1 Å². The SMILES string of the molecule is CC(=O)O[C@@H]1CC[C@@]2(C)[C@@H](C1)C[C@@H](OC(C)=O)[C@@H]1[C@@H]2C[C@H](OC(C)=O)[C@]2(C)[C@@H](C(C)CCC(=O)OC(C)C(F)(F)S(=O)(=O)[O-])CC[C@@H]12.CC(C)(C)c1ccc([I+]c2ccc(C(C)(C)C)cc2)cc1.CC(CCC(=O)OC(C)C(F)(F)S(=O)(=O)[O-])[C@H]1CC[C@H]2[C@@H]3C(=O)C[C@@H]4CC(=O)CC[C@]4(C)[C@H]3CC(=O)[C@]12C.c1ccc(-[s+]2c3ccccc3c3ccccc32)cc1. The largest absolute Gasteiger partial charge is 0.743 e. The molecule has 0 N–H and O–H groups in total. The number of thiophene rings is 1. The monoisotopic (exact) mass is 1900 g/mol. The molecule has 8 aliphatic carbocycles. The van der Waals surface area contributed by atoms with E-state index in [2.05, 4.69) is 199 Å². The normalized spacial score (nSPS) is 30.0. The van der Waals surface area contributed by atoms with Crippen LogP contribution in [0.2, 0.25) is 0 Å². The fourth-order valence-electron chi connectivity index (χ4n) is 23.5. The minimum atomic E-state index is -6.02. The summed E-state index contributed by atoms with van der Waals surface area (Å²) >= 11 is -0.0703. The van der Waals surface area contributed by atoms with E-state index in [1.54, 1.807) is 0 Å². The van der Waals surface area contributed by atoms with Crippen molar-refractivity contribution in [2.75, 3.05) is 0 Å². The molecule has 1 heterocycles. The van der Waals surface area contributed by atoms with Crippen molar-refractivity contribution in [1.82, 2.24) is 0 Å². The number of carbonyl (C=O) groups is 8. The second-order valence-electron chi connectivity index (χ2n) is 39.8. The number of hydrogen-bond acceptors (Lipinski definition) is 19. The third kappa shape index (κ3) is 20.7.